The molecule has 0 heterocycles. The Morgan fingerprint density at radius 1 is 1.60 bits per heavy atom. The third-order valence-electron chi connectivity index (χ3n) is 2.20. The Kier molecular flexibility index (Phi) is 3.55. The second-order valence-electron chi connectivity index (χ2n) is 3.34. The van der Waals surface area contributed by atoms with E-state index < -0.39 is 12.1 Å². The number of benzene rings is 1. The first-order valence-corrected chi connectivity index (χ1v) is 4.80. The van der Waals surface area contributed by atoms with Crippen LogP contribution in [-0.2, 0) is 4.79 Å². The molecule has 82 valence electrons. The SMILES string of the molecule is CCC(Oc1cccc(C)c1N)C(=O)O. The number of aliphatic carboxylic acids is 1. The van der Waals surface area contributed by atoms with Crippen molar-refractivity contribution >= 4 is 11.7 Å². The predicted molar refractivity (Wildman–Crippen MR) is 57.9 cm³/mol. The monoisotopic (exact) mass is 209 g/mol. The lowest BCUT2D eigenvalue weighted by Gasteiger charge is -2.15. The molecule has 0 fully saturated rings. The van der Waals surface area contributed by atoms with Gasteiger partial charge in [-0.15, -0.1) is 0 Å². The van der Waals surface area contributed by atoms with Gasteiger partial charge < -0.3 is 15.6 Å². The molecule has 0 amide bonds. The zero-order valence-electron chi connectivity index (χ0n) is 8.86. The summed E-state index contributed by atoms with van der Waals surface area (Å²) < 4.78 is 5.31. The van der Waals surface area contributed by atoms with Crippen LogP contribution in [0.3, 0.4) is 0 Å². The van der Waals surface area contributed by atoms with E-state index in [0.717, 1.165) is 5.56 Å². The van der Waals surface area contributed by atoms with Crippen molar-refractivity contribution in [2.45, 2.75) is 26.4 Å². The van der Waals surface area contributed by atoms with E-state index in [4.69, 9.17) is 15.6 Å². The van der Waals surface area contributed by atoms with Gasteiger partial charge in [0.15, 0.2) is 6.10 Å². The van der Waals surface area contributed by atoms with Crippen LogP contribution in [0.1, 0.15) is 18.9 Å². The third-order valence-corrected chi connectivity index (χ3v) is 2.20. The van der Waals surface area contributed by atoms with Crippen LogP contribution in [0.25, 0.3) is 0 Å². The van der Waals surface area contributed by atoms with Crippen LogP contribution >= 0.6 is 0 Å². The number of para-hydroxylation sites is 1. The van der Waals surface area contributed by atoms with Gasteiger partial charge in [-0.05, 0) is 25.0 Å². The fourth-order valence-corrected chi connectivity index (χ4v) is 1.22. The summed E-state index contributed by atoms with van der Waals surface area (Å²) in [5.74, 6) is -0.539. The molecule has 0 aliphatic heterocycles. The largest absolute Gasteiger partial charge is 0.479 e. The van der Waals surface area contributed by atoms with Crippen molar-refractivity contribution in [3.8, 4) is 5.75 Å². The molecule has 0 aliphatic rings. The van der Waals surface area contributed by atoms with E-state index in [0.29, 0.717) is 17.9 Å². The van der Waals surface area contributed by atoms with Gasteiger partial charge in [-0.2, -0.15) is 0 Å². The van der Waals surface area contributed by atoms with Crippen LogP contribution in [0, 0.1) is 6.92 Å². The molecule has 0 bridgehead atoms. The number of nitrogen functional groups attached to an aromatic ring is 1. The Balaban J connectivity index is 2.88. The molecule has 4 heteroatoms. The van der Waals surface area contributed by atoms with Gasteiger partial charge in [-0.25, -0.2) is 4.79 Å². The van der Waals surface area contributed by atoms with Crippen LogP contribution < -0.4 is 10.5 Å². The van der Waals surface area contributed by atoms with E-state index in [-0.39, 0.29) is 0 Å². The second kappa shape index (κ2) is 4.68. The molecule has 3 N–H and O–H groups in total. The molecule has 4 nitrogen and oxygen atoms in total. The van der Waals surface area contributed by atoms with Crippen LogP contribution in [0.15, 0.2) is 18.2 Å². The molecule has 0 spiro atoms. The van der Waals surface area contributed by atoms with E-state index in [9.17, 15) is 4.79 Å². The molecule has 1 atom stereocenters. The van der Waals surface area contributed by atoms with Crippen LogP contribution in [0.5, 0.6) is 5.75 Å². The van der Waals surface area contributed by atoms with Crippen molar-refractivity contribution < 1.29 is 14.6 Å². The normalized spacial score (nSPS) is 12.1. The lowest BCUT2D eigenvalue weighted by Crippen LogP contribution is -2.26. The minimum absolute atomic E-state index is 0.405. The Bertz CT molecular complexity index is 363. The Morgan fingerprint density at radius 3 is 2.80 bits per heavy atom. The molecule has 1 unspecified atom stereocenters. The average molecular weight is 209 g/mol. The molecule has 15 heavy (non-hydrogen) atoms. The highest BCUT2D eigenvalue weighted by Gasteiger charge is 2.17. The van der Waals surface area contributed by atoms with Crippen molar-refractivity contribution in [1.82, 2.24) is 0 Å². The minimum atomic E-state index is -0.974. The average Bonchev–Trinajstić information content (AvgIpc) is 2.19. The van der Waals surface area contributed by atoms with Gasteiger partial charge >= 0.3 is 5.97 Å². The Hall–Kier alpha value is -1.71. The molecule has 0 radical (unpaired) electrons. The molecule has 1 aromatic carbocycles. The molecule has 0 saturated heterocycles. The van der Waals surface area contributed by atoms with E-state index in [1.54, 1.807) is 19.1 Å². The number of anilines is 1. The first-order chi connectivity index (χ1) is 7.06. The summed E-state index contributed by atoms with van der Waals surface area (Å²) >= 11 is 0. The fourth-order valence-electron chi connectivity index (χ4n) is 1.22. The zero-order chi connectivity index (χ0) is 11.4. The molecule has 1 aromatic rings. The molecule has 1 rings (SSSR count). The quantitative estimate of drug-likeness (QED) is 0.742. The molecule has 0 aliphatic carbocycles. The molecular formula is C11H15NO3. The second-order valence-corrected chi connectivity index (χ2v) is 3.34. The minimum Gasteiger partial charge on any atom is -0.479 e. The van der Waals surface area contributed by atoms with Gasteiger partial charge in [0.05, 0.1) is 5.69 Å². The lowest BCUT2D eigenvalue weighted by atomic mass is 10.2. The van der Waals surface area contributed by atoms with Gasteiger partial charge in [0.2, 0.25) is 0 Å². The zero-order valence-corrected chi connectivity index (χ0v) is 8.86. The van der Waals surface area contributed by atoms with E-state index >= 15 is 0 Å². The van der Waals surface area contributed by atoms with Crippen LogP contribution in [0.4, 0.5) is 5.69 Å². The molecule has 0 aromatic heterocycles. The maximum Gasteiger partial charge on any atom is 0.344 e. The summed E-state index contributed by atoms with van der Waals surface area (Å²) in [6.45, 7) is 3.61. The number of nitrogens with two attached hydrogens (primary N) is 1. The summed E-state index contributed by atoms with van der Waals surface area (Å²) in [5, 5.41) is 8.83. The Morgan fingerprint density at radius 2 is 2.27 bits per heavy atom. The van der Waals surface area contributed by atoms with E-state index in [1.165, 1.54) is 0 Å². The maximum absolute atomic E-state index is 10.8. The van der Waals surface area contributed by atoms with E-state index in [2.05, 4.69) is 0 Å². The molecular weight excluding hydrogens is 194 g/mol. The number of hydrogen-bond acceptors (Lipinski definition) is 3. The highest BCUT2D eigenvalue weighted by molar-refractivity contribution is 5.73. The van der Waals surface area contributed by atoms with Crippen molar-refractivity contribution in [3.63, 3.8) is 0 Å². The van der Waals surface area contributed by atoms with Crippen LogP contribution in [0.2, 0.25) is 0 Å². The summed E-state index contributed by atoms with van der Waals surface area (Å²) in [4.78, 5) is 10.8. The first-order valence-electron chi connectivity index (χ1n) is 4.80. The number of ether oxygens (including phenoxy) is 1. The van der Waals surface area contributed by atoms with Crippen molar-refractivity contribution in [1.29, 1.82) is 0 Å². The highest BCUT2D eigenvalue weighted by Crippen LogP contribution is 2.25. The van der Waals surface area contributed by atoms with E-state index in [1.807, 2.05) is 13.0 Å². The first kappa shape index (κ1) is 11.4. The number of carbonyl (C=O) groups is 1. The van der Waals surface area contributed by atoms with Gasteiger partial charge in [-0.3, -0.25) is 0 Å². The Labute approximate surface area is 88.7 Å². The standard InChI is InChI=1S/C11H15NO3/c1-3-8(11(13)14)15-9-6-4-5-7(2)10(9)12/h4-6,8H,3,12H2,1-2H3,(H,13,14). The molecule has 0 saturated carbocycles. The van der Waals surface area contributed by atoms with Gasteiger partial charge in [0.25, 0.3) is 0 Å². The van der Waals surface area contributed by atoms with Crippen molar-refractivity contribution in [3.05, 3.63) is 23.8 Å². The predicted octanol–water partition coefficient (Wildman–Crippen LogP) is 1.82. The van der Waals surface area contributed by atoms with Crippen LogP contribution in [-0.4, -0.2) is 17.2 Å². The van der Waals surface area contributed by atoms with Crippen molar-refractivity contribution in [2.24, 2.45) is 0 Å². The summed E-state index contributed by atoms with van der Waals surface area (Å²) in [6.07, 6.45) is -0.433. The maximum atomic E-state index is 10.8. The van der Waals surface area contributed by atoms with Gasteiger partial charge in [0, 0.05) is 0 Å². The number of aryl methyl sites for hydroxylation is 1. The summed E-state index contributed by atoms with van der Waals surface area (Å²) in [5.41, 5.74) is 7.15. The van der Waals surface area contributed by atoms with Gasteiger partial charge in [0.1, 0.15) is 5.75 Å². The number of carboxylic acids is 1. The lowest BCUT2D eigenvalue weighted by molar-refractivity contribution is -0.145. The number of carboxylic acid groups (broad SMARTS) is 1. The fraction of sp³-hybridized carbons (Fsp3) is 0.364. The third kappa shape index (κ3) is 2.62. The summed E-state index contributed by atoms with van der Waals surface area (Å²) in [7, 11) is 0. The van der Waals surface area contributed by atoms with Crippen molar-refractivity contribution in [2.75, 3.05) is 5.73 Å². The summed E-state index contributed by atoms with van der Waals surface area (Å²) in [6, 6.07) is 5.31. The number of hydrogen-bond donors (Lipinski definition) is 2. The van der Waals surface area contributed by atoms with Gasteiger partial charge in [-0.1, -0.05) is 19.1 Å². The smallest absolute Gasteiger partial charge is 0.344 e. The number of rotatable bonds is 4. The topological polar surface area (TPSA) is 72.5 Å². The highest BCUT2D eigenvalue weighted by atomic mass is 16.5.